The fourth-order valence-electron chi connectivity index (χ4n) is 0.171. The maximum atomic E-state index is 10.1. The summed E-state index contributed by atoms with van der Waals surface area (Å²) in [5, 5.41) is 16.1. The van der Waals surface area contributed by atoms with Crippen LogP contribution in [0.1, 0.15) is 6.92 Å². The molecule has 0 amide bonds. The average molecular weight is 134 g/mol. The Kier molecular flexibility index (Phi) is 2.66. The molecule has 0 aliphatic carbocycles. The number of aliphatic hydroxyl groups is 1. The van der Waals surface area contributed by atoms with E-state index in [1.165, 1.54) is 0 Å². The Bertz CT molecular complexity index is 127. The summed E-state index contributed by atoms with van der Waals surface area (Å²) < 4.78 is 3.54. The highest BCUT2D eigenvalue weighted by Gasteiger charge is 2.13. The molecule has 0 spiro atoms. The van der Waals surface area contributed by atoms with Gasteiger partial charge in [-0.05, 0) is 6.92 Å². The topological polar surface area (TPSA) is 83.8 Å². The molecular weight excluding hydrogens is 128 g/mol. The van der Waals surface area contributed by atoms with Crippen LogP contribution in [0.3, 0.4) is 0 Å². The van der Waals surface area contributed by atoms with Gasteiger partial charge in [0.25, 0.3) is 0 Å². The van der Waals surface area contributed by atoms with Crippen LogP contribution in [0.4, 0.5) is 4.79 Å². The summed E-state index contributed by atoms with van der Waals surface area (Å²) in [5.41, 5.74) is 0. The van der Waals surface area contributed by atoms with Gasteiger partial charge in [-0.15, -0.1) is 0 Å². The van der Waals surface area contributed by atoms with Crippen LogP contribution >= 0.6 is 0 Å². The van der Waals surface area contributed by atoms with Crippen LogP contribution in [0, 0.1) is 0 Å². The Morgan fingerprint density at radius 2 is 2.00 bits per heavy atom. The van der Waals surface area contributed by atoms with Gasteiger partial charge in [0.2, 0.25) is 0 Å². The number of carbonyl (C=O) groups is 2. The lowest BCUT2D eigenvalue weighted by Gasteiger charge is -1.98. The van der Waals surface area contributed by atoms with Gasteiger partial charge in [-0.1, -0.05) is 0 Å². The third-order valence-electron chi connectivity index (χ3n) is 0.529. The van der Waals surface area contributed by atoms with Gasteiger partial charge in [0.1, 0.15) is 6.10 Å². The third kappa shape index (κ3) is 3.48. The molecule has 0 bridgehead atoms. The molecular formula is C4H6O5. The Balaban J connectivity index is 3.64. The SMILES string of the molecule is CC(O)C(=O)OC(=O)O. The van der Waals surface area contributed by atoms with Gasteiger partial charge in [0.15, 0.2) is 0 Å². The molecule has 5 heteroatoms. The molecule has 5 nitrogen and oxygen atoms in total. The van der Waals surface area contributed by atoms with E-state index in [4.69, 9.17) is 10.2 Å². The molecule has 0 aromatic heterocycles. The Labute approximate surface area is 50.9 Å². The smallest absolute Gasteiger partial charge is 0.449 e. The minimum absolute atomic E-state index is 1.12. The monoisotopic (exact) mass is 134 g/mol. The van der Waals surface area contributed by atoms with E-state index < -0.39 is 18.2 Å². The normalized spacial score (nSPS) is 12.2. The second kappa shape index (κ2) is 3.03. The summed E-state index contributed by atoms with van der Waals surface area (Å²) >= 11 is 0. The first-order chi connectivity index (χ1) is 4.04. The molecule has 0 aromatic carbocycles. The molecule has 0 aliphatic heterocycles. The molecule has 0 saturated carbocycles. The average Bonchev–Trinajstić information content (AvgIpc) is 1.63. The second-order valence-electron chi connectivity index (χ2n) is 1.36. The zero-order valence-electron chi connectivity index (χ0n) is 4.70. The zero-order valence-corrected chi connectivity index (χ0v) is 4.70. The van der Waals surface area contributed by atoms with E-state index in [0.29, 0.717) is 0 Å². The lowest BCUT2D eigenvalue weighted by molar-refractivity contribution is -0.147. The summed E-state index contributed by atoms with van der Waals surface area (Å²) in [6.45, 7) is 1.12. The molecule has 9 heavy (non-hydrogen) atoms. The van der Waals surface area contributed by atoms with Gasteiger partial charge in [-0.25, -0.2) is 9.59 Å². The first-order valence-corrected chi connectivity index (χ1v) is 2.16. The standard InChI is InChI=1S/C4H6O5/c1-2(5)3(6)9-4(7)8/h2,5H,1H3,(H,7,8). The number of carboxylic acid groups (broad SMARTS) is 1. The van der Waals surface area contributed by atoms with E-state index >= 15 is 0 Å². The predicted octanol–water partition coefficient (Wildman–Crippen LogP) is -0.412. The number of aliphatic hydroxyl groups excluding tert-OH is 1. The van der Waals surface area contributed by atoms with Gasteiger partial charge in [-0.2, -0.15) is 0 Å². The van der Waals surface area contributed by atoms with Crippen molar-refractivity contribution < 1.29 is 24.5 Å². The molecule has 0 aromatic rings. The number of ether oxygens (including phenoxy) is 1. The minimum atomic E-state index is -1.71. The first-order valence-electron chi connectivity index (χ1n) is 2.16. The number of hydrogen-bond acceptors (Lipinski definition) is 4. The van der Waals surface area contributed by atoms with Crippen molar-refractivity contribution in [3.05, 3.63) is 0 Å². The maximum absolute atomic E-state index is 10.1. The van der Waals surface area contributed by atoms with Crippen LogP contribution < -0.4 is 0 Å². The summed E-state index contributed by atoms with van der Waals surface area (Å²) in [6, 6.07) is 0. The van der Waals surface area contributed by atoms with E-state index in [1.54, 1.807) is 0 Å². The van der Waals surface area contributed by atoms with E-state index in [-0.39, 0.29) is 0 Å². The van der Waals surface area contributed by atoms with Gasteiger partial charge in [0.05, 0.1) is 0 Å². The van der Waals surface area contributed by atoms with Crippen LogP contribution in [0.25, 0.3) is 0 Å². The summed E-state index contributed by atoms with van der Waals surface area (Å²) in [6.07, 6.45) is -3.10. The van der Waals surface area contributed by atoms with E-state index in [2.05, 4.69) is 4.74 Å². The highest BCUT2D eigenvalue weighted by atomic mass is 16.7. The molecule has 1 atom stereocenters. The van der Waals surface area contributed by atoms with Crippen molar-refractivity contribution >= 4 is 12.1 Å². The summed E-state index contributed by atoms with van der Waals surface area (Å²) in [5.74, 6) is -1.16. The van der Waals surface area contributed by atoms with Crippen LogP contribution in [-0.2, 0) is 9.53 Å². The molecule has 0 rings (SSSR count). The maximum Gasteiger partial charge on any atom is 0.513 e. The van der Waals surface area contributed by atoms with Crippen molar-refractivity contribution in [2.75, 3.05) is 0 Å². The quantitative estimate of drug-likeness (QED) is 0.376. The van der Waals surface area contributed by atoms with Gasteiger partial charge in [-0.3, -0.25) is 0 Å². The van der Waals surface area contributed by atoms with Crippen molar-refractivity contribution in [2.45, 2.75) is 13.0 Å². The van der Waals surface area contributed by atoms with Crippen molar-refractivity contribution in [1.29, 1.82) is 0 Å². The molecule has 2 N–H and O–H groups in total. The third-order valence-corrected chi connectivity index (χ3v) is 0.529. The van der Waals surface area contributed by atoms with Gasteiger partial charge in [0, 0.05) is 0 Å². The molecule has 0 radical (unpaired) electrons. The number of rotatable bonds is 1. The first kappa shape index (κ1) is 7.90. The zero-order chi connectivity index (χ0) is 7.44. The van der Waals surface area contributed by atoms with Crippen molar-refractivity contribution in [1.82, 2.24) is 0 Å². The minimum Gasteiger partial charge on any atom is -0.449 e. The van der Waals surface area contributed by atoms with Crippen molar-refractivity contribution in [2.24, 2.45) is 0 Å². The molecule has 0 fully saturated rings. The van der Waals surface area contributed by atoms with Gasteiger partial charge < -0.3 is 14.9 Å². The summed E-state index contributed by atoms with van der Waals surface area (Å²) in [4.78, 5) is 19.7. The molecule has 0 saturated heterocycles. The lowest BCUT2D eigenvalue weighted by atomic mass is 10.4. The molecule has 1 unspecified atom stereocenters. The van der Waals surface area contributed by atoms with Crippen LogP contribution in [-0.4, -0.2) is 28.4 Å². The second-order valence-corrected chi connectivity index (χ2v) is 1.36. The van der Waals surface area contributed by atoms with Crippen LogP contribution in [0.5, 0.6) is 0 Å². The Morgan fingerprint density at radius 3 is 2.11 bits per heavy atom. The molecule has 0 aliphatic rings. The number of esters is 1. The van der Waals surface area contributed by atoms with E-state index in [0.717, 1.165) is 6.92 Å². The molecule has 0 heterocycles. The highest BCUT2D eigenvalue weighted by Crippen LogP contribution is 1.85. The Morgan fingerprint density at radius 1 is 1.56 bits per heavy atom. The van der Waals surface area contributed by atoms with Crippen molar-refractivity contribution in [3.8, 4) is 0 Å². The lowest BCUT2D eigenvalue weighted by Crippen LogP contribution is -2.21. The Hall–Kier alpha value is -1.10. The fourth-order valence-corrected chi connectivity index (χ4v) is 0.171. The number of carbonyl (C=O) groups excluding carboxylic acids is 1. The van der Waals surface area contributed by atoms with E-state index in [1.807, 2.05) is 0 Å². The predicted molar refractivity (Wildman–Crippen MR) is 25.8 cm³/mol. The van der Waals surface area contributed by atoms with Crippen molar-refractivity contribution in [3.63, 3.8) is 0 Å². The number of hydrogen-bond donors (Lipinski definition) is 2. The largest absolute Gasteiger partial charge is 0.513 e. The molecule has 52 valence electrons. The summed E-state index contributed by atoms with van der Waals surface area (Å²) in [7, 11) is 0. The highest BCUT2D eigenvalue weighted by molar-refractivity contribution is 5.83. The van der Waals surface area contributed by atoms with E-state index in [9.17, 15) is 9.59 Å². The van der Waals surface area contributed by atoms with Crippen LogP contribution in [0.2, 0.25) is 0 Å². The fraction of sp³-hybridized carbons (Fsp3) is 0.500. The van der Waals surface area contributed by atoms with Gasteiger partial charge >= 0.3 is 12.1 Å². The van der Waals surface area contributed by atoms with Crippen LogP contribution in [0.15, 0.2) is 0 Å².